The lowest BCUT2D eigenvalue weighted by molar-refractivity contribution is 0.0950. The Morgan fingerprint density at radius 1 is 1.17 bits per heavy atom. The van der Waals surface area contributed by atoms with Crippen molar-refractivity contribution >= 4 is 15.9 Å². The molecule has 1 amide bonds. The number of rotatable bonds is 5. The molecule has 2 aromatic rings. The fourth-order valence-corrected chi connectivity index (χ4v) is 2.81. The molecule has 23 heavy (non-hydrogen) atoms. The Morgan fingerprint density at radius 3 is 2.57 bits per heavy atom. The van der Waals surface area contributed by atoms with Gasteiger partial charge in [0.1, 0.15) is 5.82 Å². The van der Waals surface area contributed by atoms with Gasteiger partial charge in [0.05, 0.1) is 4.90 Å². The molecule has 0 fully saturated rings. The van der Waals surface area contributed by atoms with Crippen LogP contribution in [0.5, 0.6) is 0 Å². The van der Waals surface area contributed by atoms with Crippen molar-refractivity contribution in [1.82, 2.24) is 10.0 Å². The van der Waals surface area contributed by atoms with E-state index in [1.54, 1.807) is 25.1 Å². The number of carbonyl (C=O) groups excluding carboxylic acids is 1. The number of carbonyl (C=O) groups is 1. The molecule has 0 aliphatic heterocycles. The van der Waals surface area contributed by atoms with Gasteiger partial charge in [0.15, 0.2) is 0 Å². The van der Waals surface area contributed by atoms with Crippen molar-refractivity contribution in [2.75, 3.05) is 7.05 Å². The first-order valence-corrected chi connectivity index (χ1v) is 8.38. The van der Waals surface area contributed by atoms with E-state index in [4.69, 9.17) is 0 Å². The van der Waals surface area contributed by atoms with Gasteiger partial charge >= 0.3 is 0 Å². The van der Waals surface area contributed by atoms with Gasteiger partial charge in [-0.15, -0.1) is 0 Å². The van der Waals surface area contributed by atoms with Crippen LogP contribution in [0.25, 0.3) is 0 Å². The molecule has 0 aliphatic rings. The van der Waals surface area contributed by atoms with Crippen LogP contribution in [0.3, 0.4) is 0 Å². The van der Waals surface area contributed by atoms with Gasteiger partial charge in [-0.3, -0.25) is 4.79 Å². The lowest BCUT2D eigenvalue weighted by Crippen LogP contribution is -2.25. The lowest BCUT2D eigenvalue weighted by Gasteiger charge is -2.10. The highest BCUT2D eigenvalue weighted by Gasteiger charge is 2.16. The minimum atomic E-state index is -3.62. The number of nitrogens with one attached hydrogen (secondary N) is 2. The second-order valence-electron chi connectivity index (χ2n) is 5.00. The quantitative estimate of drug-likeness (QED) is 0.876. The molecule has 2 N–H and O–H groups in total. The van der Waals surface area contributed by atoms with Crippen molar-refractivity contribution in [3.63, 3.8) is 0 Å². The van der Waals surface area contributed by atoms with Gasteiger partial charge in [0.25, 0.3) is 5.91 Å². The van der Waals surface area contributed by atoms with E-state index in [0.29, 0.717) is 11.1 Å². The highest BCUT2D eigenvalue weighted by Crippen LogP contribution is 2.15. The van der Waals surface area contributed by atoms with Crippen molar-refractivity contribution in [3.8, 4) is 0 Å². The minimum Gasteiger partial charge on any atom is -0.348 e. The molecule has 0 atom stereocenters. The van der Waals surface area contributed by atoms with Crippen LogP contribution in [0.1, 0.15) is 21.5 Å². The number of sulfonamides is 1. The first-order valence-electron chi connectivity index (χ1n) is 6.90. The molecule has 5 nitrogen and oxygen atoms in total. The van der Waals surface area contributed by atoms with Gasteiger partial charge < -0.3 is 5.32 Å². The summed E-state index contributed by atoms with van der Waals surface area (Å²) in [5.41, 5.74) is 1.53. The van der Waals surface area contributed by atoms with E-state index in [2.05, 4.69) is 10.0 Å². The SMILES string of the molecule is CNS(=O)(=O)c1ccc(C)c(C(=O)NCc2cccc(F)c2)c1. The summed E-state index contributed by atoms with van der Waals surface area (Å²) in [6, 6.07) is 10.2. The maximum Gasteiger partial charge on any atom is 0.251 e. The summed E-state index contributed by atoms with van der Waals surface area (Å²) in [6.07, 6.45) is 0. The average molecular weight is 336 g/mol. The number of halogens is 1. The van der Waals surface area contributed by atoms with E-state index in [9.17, 15) is 17.6 Å². The van der Waals surface area contributed by atoms with Crippen molar-refractivity contribution in [2.45, 2.75) is 18.4 Å². The largest absolute Gasteiger partial charge is 0.348 e. The van der Waals surface area contributed by atoms with Gasteiger partial charge in [-0.25, -0.2) is 17.5 Å². The zero-order chi connectivity index (χ0) is 17.0. The topological polar surface area (TPSA) is 75.3 Å². The maximum atomic E-state index is 13.1. The van der Waals surface area contributed by atoms with Crippen LogP contribution < -0.4 is 10.0 Å². The molecule has 0 heterocycles. The fraction of sp³-hybridized carbons (Fsp3) is 0.188. The molecule has 0 bridgehead atoms. The molecule has 0 aromatic heterocycles. The first-order chi connectivity index (χ1) is 10.8. The Morgan fingerprint density at radius 2 is 1.91 bits per heavy atom. The second kappa shape index (κ2) is 6.89. The molecule has 122 valence electrons. The molecule has 0 spiro atoms. The molecule has 0 aliphatic carbocycles. The molecular formula is C16H17FN2O3S. The number of hydrogen-bond donors (Lipinski definition) is 2. The summed E-state index contributed by atoms with van der Waals surface area (Å²) in [7, 11) is -2.32. The van der Waals surface area contributed by atoms with Crippen LogP contribution in [-0.2, 0) is 16.6 Å². The van der Waals surface area contributed by atoms with Crippen LogP contribution >= 0.6 is 0 Å². The molecule has 7 heteroatoms. The highest BCUT2D eigenvalue weighted by molar-refractivity contribution is 7.89. The summed E-state index contributed by atoms with van der Waals surface area (Å²) >= 11 is 0. The van der Waals surface area contributed by atoms with Crippen molar-refractivity contribution < 1.29 is 17.6 Å². The number of aryl methyl sites for hydroxylation is 1. The van der Waals surface area contributed by atoms with Gasteiger partial charge in [-0.1, -0.05) is 18.2 Å². The number of hydrogen-bond acceptors (Lipinski definition) is 3. The number of benzene rings is 2. The standard InChI is InChI=1S/C16H17FN2O3S/c1-11-6-7-14(23(21,22)18-2)9-15(11)16(20)19-10-12-4-3-5-13(17)8-12/h3-9,18H,10H2,1-2H3,(H,19,20). The van der Waals surface area contributed by atoms with Crippen LogP contribution in [0, 0.1) is 12.7 Å². The predicted octanol–water partition coefficient (Wildman–Crippen LogP) is 1.97. The Hall–Kier alpha value is -2.25. The lowest BCUT2D eigenvalue weighted by atomic mass is 10.1. The van der Waals surface area contributed by atoms with Crippen molar-refractivity contribution in [2.24, 2.45) is 0 Å². The maximum absolute atomic E-state index is 13.1. The predicted molar refractivity (Wildman–Crippen MR) is 85.0 cm³/mol. The van der Waals surface area contributed by atoms with Crippen LogP contribution in [0.15, 0.2) is 47.4 Å². The van der Waals surface area contributed by atoms with Crippen LogP contribution in [-0.4, -0.2) is 21.4 Å². The molecule has 0 saturated heterocycles. The Kier molecular flexibility index (Phi) is 5.12. The van der Waals surface area contributed by atoms with E-state index in [1.807, 2.05) is 0 Å². The van der Waals surface area contributed by atoms with Crippen molar-refractivity contribution in [3.05, 3.63) is 65.0 Å². The molecule has 0 saturated carbocycles. The molecule has 0 radical (unpaired) electrons. The van der Waals surface area contributed by atoms with E-state index in [0.717, 1.165) is 0 Å². The van der Waals surface area contributed by atoms with Gasteiger partial charge in [0.2, 0.25) is 10.0 Å². The molecular weight excluding hydrogens is 319 g/mol. The normalized spacial score (nSPS) is 11.3. The van der Waals surface area contributed by atoms with E-state index < -0.39 is 15.9 Å². The monoisotopic (exact) mass is 336 g/mol. The van der Waals surface area contributed by atoms with E-state index in [1.165, 1.54) is 31.3 Å². The summed E-state index contributed by atoms with van der Waals surface area (Å²) in [5.74, 6) is -0.796. The smallest absolute Gasteiger partial charge is 0.251 e. The van der Waals surface area contributed by atoms with Gasteiger partial charge in [0, 0.05) is 12.1 Å². The second-order valence-corrected chi connectivity index (χ2v) is 6.88. The summed E-state index contributed by atoms with van der Waals surface area (Å²) in [5, 5.41) is 2.66. The molecule has 2 rings (SSSR count). The third-order valence-corrected chi connectivity index (χ3v) is 4.79. The van der Waals surface area contributed by atoms with E-state index in [-0.39, 0.29) is 22.8 Å². The third kappa shape index (κ3) is 4.14. The third-order valence-electron chi connectivity index (χ3n) is 3.37. The summed E-state index contributed by atoms with van der Waals surface area (Å²) in [4.78, 5) is 12.3. The Bertz CT molecular complexity index is 835. The van der Waals surface area contributed by atoms with E-state index >= 15 is 0 Å². The molecule has 0 unspecified atom stereocenters. The minimum absolute atomic E-state index is 0.0153. The summed E-state index contributed by atoms with van der Waals surface area (Å²) < 4.78 is 39.0. The molecule has 2 aromatic carbocycles. The Labute approximate surface area is 134 Å². The van der Waals surface area contributed by atoms with Crippen LogP contribution in [0.2, 0.25) is 0 Å². The van der Waals surface area contributed by atoms with Gasteiger partial charge in [-0.05, 0) is 49.4 Å². The van der Waals surface area contributed by atoms with Crippen molar-refractivity contribution in [1.29, 1.82) is 0 Å². The Balaban J connectivity index is 2.20. The summed E-state index contributed by atoms with van der Waals surface area (Å²) in [6.45, 7) is 1.87. The fourth-order valence-electron chi connectivity index (χ4n) is 2.06. The van der Waals surface area contributed by atoms with Crippen LogP contribution in [0.4, 0.5) is 4.39 Å². The highest BCUT2D eigenvalue weighted by atomic mass is 32.2. The zero-order valence-corrected chi connectivity index (χ0v) is 13.6. The average Bonchev–Trinajstić information content (AvgIpc) is 2.53. The first kappa shape index (κ1) is 17.1. The van der Waals surface area contributed by atoms with Gasteiger partial charge in [-0.2, -0.15) is 0 Å². The number of amides is 1. The zero-order valence-electron chi connectivity index (χ0n) is 12.8.